The monoisotopic (exact) mass is 288 g/mol. The molecule has 1 aliphatic carbocycles. The first-order valence-electron chi connectivity index (χ1n) is 7.27. The number of hydrogen-bond donors (Lipinski definition) is 0. The Bertz CT molecular complexity index is 533. The molecular formula is C17H20O4. The summed E-state index contributed by atoms with van der Waals surface area (Å²) in [6.07, 6.45) is 9.00. The average Bonchev–Trinajstić information content (AvgIpc) is 2.49. The van der Waals surface area contributed by atoms with E-state index in [1.54, 1.807) is 24.3 Å². The zero-order valence-electron chi connectivity index (χ0n) is 12.2. The van der Waals surface area contributed by atoms with Crippen LogP contribution in [-0.4, -0.2) is 25.2 Å². The highest BCUT2D eigenvalue weighted by atomic mass is 16.5. The van der Waals surface area contributed by atoms with Crippen molar-refractivity contribution in [1.82, 2.24) is 0 Å². The molecule has 1 aliphatic rings. The van der Waals surface area contributed by atoms with Gasteiger partial charge in [-0.1, -0.05) is 24.6 Å². The number of carbonyl (C=O) groups excluding carboxylic acids is 2. The van der Waals surface area contributed by atoms with Crippen LogP contribution < -0.4 is 0 Å². The van der Waals surface area contributed by atoms with Crippen LogP contribution in [0.4, 0.5) is 0 Å². The molecule has 0 saturated carbocycles. The second-order valence-corrected chi connectivity index (χ2v) is 5.05. The Morgan fingerprint density at radius 2 is 1.76 bits per heavy atom. The van der Waals surface area contributed by atoms with E-state index in [1.807, 2.05) is 6.08 Å². The van der Waals surface area contributed by atoms with Gasteiger partial charge in [0.25, 0.3) is 0 Å². The van der Waals surface area contributed by atoms with Gasteiger partial charge in [-0.05, 0) is 43.9 Å². The van der Waals surface area contributed by atoms with Gasteiger partial charge in [0.05, 0.1) is 18.2 Å². The zero-order chi connectivity index (χ0) is 15.1. The maximum Gasteiger partial charge on any atom is 0.339 e. The van der Waals surface area contributed by atoms with Gasteiger partial charge in [0.2, 0.25) is 0 Å². The number of esters is 2. The Balaban J connectivity index is 2.12. The molecule has 1 aromatic carbocycles. The van der Waals surface area contributed by atoms with Crippen molar-refractivity contribution < 1.29 is 19.1 Å². The minimum atomic E-state index is -0.532. The molecule has 0 amide bonds. The van der Waals surface area contributed by atoms with Gasteiger partial charge in [-0.25, -0.2) is 9.59 Å². The van der Waals surface area contributed by atoms with Crippen LogP contribution in [0, 0.1) is 0 Å². The molecule has 0 heterocycles. The lowest BCUT2D eigenvalue weighted by Gasteiger charge is -2.17. The average molecular weight is 288 g/mol. The summed E-state index contributed by atoms with van der Waals surface area (Å²) in [6, 6.07) is 6.55. The summed E-state index contributed by atoms with van der Waals surface area (Å²) in [7, 11) is 1.29. The van der Waals surface area contributed by atoms with Crippen LogP contribution >= 0.6 is 0 Å². The highest BCUT2D eigenvalue weighted by molar-refractivity contribution is 6.03. The molecular weight excluding hydrogens is 268 g/mol. The fourth-order valence-corrected chi connectivity index (χ4v) is 2.38. The van der Waals surface area contributed by atoms with Gasteiger partial charge in [0.1, 0.15) is 6.10 Å². The van der Waals surface area contributed by atoms with Crippen LogP contribution in [0.2, 0.25) is 0 Å². The van der Waals surface area contributed by atoms with Crippen molar-refractivity contribution in [2.45, 2.75) is 38.2 Å². The van der Waals surface area contributed by atoms with Gasteiger partial charge in [0.15, 0.2) is 0 Å². The Kier molecular flexibility index (Phi) is 5.55. The van der Waals surface area contributed by atoms with Crippen LogP contribution in [-0.2, 0) is 9.47 Å². The summed E-state index contributed by atoms with van der Waals surface area (Å²) in [5, 5.41) is 0. The lowest BCUT2D eigenvalue weighted by atomic mass is 10.0. The van der Waals surface area contributed by atoms with E-state index in [4.69, 9.17) is 9.47 Å². The smallest absolute Gasteiger partial charge is 0.339 e. The standard InChI is InChI=1S/C17H20O4/c1-20-16(18)14-11-7-8-12-15(14)17(19)21-13-9-5-3-2-4-6-10-13/h5,7-9,11-13H,2-4,6,10H2,1H3/b9-5-. The molecule has 0 bridgehead atoms. The van der Waals surface area contributed by atoms with Crippen molar-refractivity contribution in [2.75, 3.05) is 7.11 Å². The fourth-order valence-electron chi connectivity index (χ4n) is 2.38. The highest BCUT2D eigenvalue weighted by Crippen LogP contribution is 2.18. The number of ether oxygens (including phenoxy) is 2. The van der Waals surface area contributed by atoms with Gasteiger partial charge in [-0.2, -0.15) is 0 Å². The van der Waals surface area contributed by atoms with E-state index in [-0.39, 0.29) is 17.2 Å². The van der Waals surface area contributed by atoms with Crippen molar-refractivity contribution in [2.24, 2.45) is 0 Å². The topological polar surface area (TPSA) is 52.6 Å². The molecule has 1 unspecified atom stereocenters. The number of benzene rings is 1. The Morgan fingerprint density at radius 1 is 1.05 bits per heavy atom. The van der Waals surface area contributed by atoms with Crippen LogP contribution in [0.5, 0.6) is 0 Å². The van der Waals surface area contributed by atoms with Crippen molar-refractivity contribution in [1.29, 1.82) is 0 Å². The SMILES string of the molecule is COC(=O)c1ccccc1C(=O)OC1/C=C\CCCCC1. The van der Waals surface area contributed by atoms with E-state index >= 15 is 0 Å². The lowest BCUT2D eigenvalue weighted by Crippen LogP contribution is -2.19. The molecule has 4 heteroatoms. The molecule has 21 heavy (non-hydrogen) atoms. The van der Waals surface area contributed by atoms with Crippen molar-refractivity contribution in [3.05, 3.63) is 47.5 Å². The largest absolute Gasteiger partial charge is 0.465 e. The number of carbonyl (C=O) groups is 2. The molecule has 0 N–H and O–H groups in total. The molecule has 1 atom stereocenters. The maximum absolute atomic E-state index is 12.3. The molecule has 0 saturated heterocycles. The van der Waals surface area contributed by atoms with Crippen molar-refractivity contribution in [3.8, 4) is 0 Å². The van der Waals surface area contributed by atoms with Crippen LogP contribution in [0.15, 0.2) is 36.4 Å². The highest BCUT2D eigenvalue weighted by Gasteiger charge is 2.20. The zero-order valence-corrected chi connectivity index (χ0v) is 12.2. The number of methoxy groups -OCH3 is 1. The van der Waals surface area contributed by atoms with Crippen molar-refractivity contribution >= 4 is 11.9 Å². The maximum atomic E-state index is 12.3. The Labute approximate surface area is 124 Å². The number of rotatable bonds is 3. The minimum absolute atomic E-state index is 0.219. The summed E-state index contributed by atoms with van der Waals surface area (Å²) < 4.78 is 10.2. The quantitative estimate of drug-likeness (QED) is 0.631. The summed E-state index contributed by atoms with van der Waals surface area (Å²) in [6.45, 7) is 0. The van der Waals surface area contributed by atoms with E-state index < -0.39 is 11.9 Å². The molecule has 0 spiro atoms. The second-order valence-electron chi connectivity index (χ2n) is 5.05. The third kappa shape index (κ3) is 4.18. The summed E-state index contributed by atoms with van der Waals surface area (Å²) in [5.41, 5.74) is 0.486. The normalized spacial score (nSPS) is 20.0. The van der Waals surface area contributed by atoms with Crippen LogP contribution in [0.1, 0.15) is 52.8 Å². The van der Waals surface area contributed by atoms with Gasteiger partial charge >= 0.3 is 11.9 Å². The summed E-state index contributed by atoms with van der Waals surface area (Å²) in [4.78, 5) is 24.0. The Morgan fingerprint density at radius 3 is 2.48 bits per heavy atom. The molecule has 0 aliphatic heterocycles. The van der Waals surface area contributed by atoms with Gasteiger partial charge in [-0.15, -0.1) is 0 Å². The van der Waals surface area contributed by atoms with Crippen molar-refractivity contribution in [3.63, 3.8) is 0 Å². The third-order valence-corrected chi connectivity index (χ3v) is 3.52. The van der Waals surface area contributed by atoms with Gasteiger partial charge in [0, 0.05) is 0 Å². The van der Waals surface area contributed by atoms with Crippen LogP contribution in [0.25, 0.3) is 0 Å². The van der Waals surface area contributed by atoms with Gasteiger partial charge < -0.3 is 9.47 Å². The van der Waals surface area contributed by atoms with Gasteiger partial charge in [-0.3, -0.25) is 0 Å². The third-order valence-electron chi connectivity index (χ3n) is 3.52. The lowest BCUT2D eigenvalue weighted by molar-refractivity contribution is 0.0364. The second kappa shape index (κ2) is 7.62. The van der Waals surface area contributed by atoms with E-state index in [0.29, 0.717) is 0 Å². The van der Waals surface area contributed by atoms with E-state index in [9.17, 15) is 9.59 Å². The molecule has 0 fully saturated rings. The van der Waals surface area contributed by atoms with E-state index in [1.165, 1.54) is 13.5 Å². The predicted molar refractivity (Wildman–Crippen MR) is 79.2 cm³/mol. The molecule has 0 radical (unpaired) electrons. The van der Waals surface area contributed by atoms with Crippen LogP contribution in [0.3, 0.4) is 0 Å². The summed E-state index contributed by atoms with van der Waals surface area (Å²) in [5.74, 6) is -1.01. The molecule has 4 nitrogen and oxygen atoms in total. The number of allylic oxidation sites excluding steroid dienone is 1. The van der Waals surface area contributed by atoms with E-state index in [0.717, 1.165) is 25.7 Å². The molecule has 1 aromatic rings. The molecule has 112 valence electrons. The fraction of sp³-hybridized carbons (Fsp3) is 0.412. The number of hydrogen-bond acceptors (Lipinski definition) is 4. The molecule has 0 aromatic heterocycles. The first kappa shape index (κ1) is 15.3. The first-order valence-corrected chi connectivity index (χ1v) is 7.27. The minimum Gasteiger partial charge on any atom is -0.465 e. The summed E-state index contributed by atoms with van der Waals surface area (Å²) >= 11 is 0. The van der Waals surface area contributed by atoms with E-state index in [2.05, 4.69) is 6.08 Å². The predicted octanol–water partition coefficient (Wildman–Crippen LogP) is 3.52. The first-order chi connectivity index (χ1) is 10.2. The molecule has 2 rings (SSSR count). The Hall–Kier alpha value is -2.10.